The predicted molar refractivity (Wildman–Crippen MR) is 140 cm³/mol. The molecule has 0 spiro atoms. The fraction of sp³-hybridized carbons (Fsp3) is 0.462. The van der Waals surface area contributed by atoms with Gasteiger partial charge in [0.05, 0.1) is 38.4 Å². The molecule has 1 amide bonds. The van der Waals surface area contributed by atoms with Crippen molar-refractivity contribution < 1.29 is 13.9 Å². The van der Waals surface area contributed by atoms with Crippen LogP contribution < -0.4 is 15.4 Å². The molecule has 1 heterocycles. The first-order valence-corrected chi connectivity index (χ1v) is 12.6. The van der Waals surface area contributed by atoms with E-state index >= 15 is 0 Å². The van der Waals surface area contributed by atoms with Gasteiger partial charge in [-0.3, -0.25) is 4.79 Å². The number of rotatable bonds is 6. The summed E-state index contributed by atoms with van der Waals surface area (Å²) in [6.45, 7) is 8.36. The van der Waals surface area contributed by atoms with E-state index in [0.717, 1.165) is 31.2 Å². The molecule has 6 nitrogen and oxygen atoms in total. The molecule has 1 fully saturated rings. The smallest absolute Gasteiger partial charge is 0.255 e. The van der Waals surface area contributed by atoms with Crippen LogP contribution in [0, 0.1) is 11.2 Å². The van der Waals surface area contributed by atoms with E-state index in [9.17, 15) is 9.18 Å². The van der Waals surface area contributed by atoms with Gasteiger partial charge in [-0.15, -0.1) is 0 Å². The summed E-state index contributed by atoms with van der Waals surface area (Å²) in [5.74, 6) is -0.0181. The Hall–Kier alpha value is -2.51. The average Bonchev–Trinajstić information content (AvgIpc) is 3.09. The Kier molecular flexibility index (Phi) is 7.21. The molecule has 1 aliphatic rings. The van der Waals surface area contributed by atoms with Gasteiger partial charge >= 0.3 is 0 Å². The summed E-state index contributed by atoms with van der Waals surface area (Å²) < 4.78 is 22.4. The molecule has 0 unspecified atom stereocenters. The van der Waals surface area contributed by atoms with E-state index in [1.165, 1.54) is 12.1 Å². The van der Waals surface area contributed by atoms with E-state index in [1.807, 2.05) is 13.8 Å². The number of imidazole rings is 1. The summed E-state index contributed by atoms with van der Waals surface area (Å²) in [6, 6.07) is 6.56. The molecule has 35 heavy (non-hydrogen) atoms. The lowest BCUT2D eigenvalue weighted by atomic mass is 9.75. The maximum Gasteiger partial charge on any atom is 0.255 e. The van der Waals surface area contributed by atoms with Crippen LogP contribution in [0.5, 0.6) is 5.75 Å². The average molecular weight is 521 g/mol. The van der Waals surface area contributed by atoms with Gasteiger partial charge in [0.1, 0.15) is 5.75 Å². The van der Waals surface area contributed by atoms with Crippen molar-refractivity contribution in [3.63, 3.8) is 0 Å². The van der Waals surface area contributed by atoms with E-state index in [1.54, 1.807) is 23.7 Å². The number of carbonyl (C=O) groups excluding carboxylic acids is 1. The fourth-order valence-corrected chi connectivity index (χ4v) is 4.77. The molecule has 9 heteroatoms. The lowest BCUT2D eigenvalue weighted by Crippen LogP contribution is -2.39. The molecule has 0 saturated heterocycles. The molecule has 0 bridgehead atoms. The van der Waals surface area contributed by atoms with E-state index in [4.69, 9.17) is 27.9 Å². The molecule has 1 aromatic heterocycles. The third-order valence-electron chi connectivity index (χ3n) is 6.54. The van der Waals surface area contributed by atoms with Crippen LogP contribution in [0.3, 0.4) is 0 Å². The monoisotopic (exact) mass is 520 g/mol. The molecule has 0 aliphatic heterocycles. The summed E-state index contributed by atoms with van der Waals surface area (Å²) in [5, 5.41) is 6.25. The molecule has 3 aromatic rings. The number of aryl methyl sites for hydroxylation is 1. The quantitative estimate of drug-likeness (QED) is 0.336. The lowest BCUT2D eigenvalue weighted by Gasteiger charge is -2.34. The Balaban J connectivity index is 1.68. The highest BCUT2D eigenvalue weighted by Crippen LogP contribution is 2.36. The van der Waals surface area contributed by atoms with Gasteiger partial charge in [-0.25, -0.2) is 9.37 Å². The lowest BCUT2D eigenvalue weighted by molar-refractivity contribution is 0.0903. The molecule has 4 rings (SSSR count). The van der Waals surface area contributed by atoms with Crippen molar-refractivity contribution in [1.82, 2.24) is 14.9 Å². The van der Waals surface area contributed by atoms with Gasteiger partial charge < -0.3 is 19.9 Å². The molecular weight excluding hydrogens is 490 g/mol. The second-order valence-corrected chi connectivity index (χ2v) is 11.1. The minimum atomic E-state index is -0.661. The number of hydrogen-bond donors (Lipinski definition) is 2. The zero-order chi connectivity index (χ0) is 25.5. The molecular formula is C26H31Cl2FN4O2. The molecule has 1 saturated carbocycles. The predicted octanol–water partition coefficient (Wildman–Crippen LogP) is 7.25. The second-order valence-electron chi connectivity index (χ2n) is 10.3. The number of halogens is 3. The van der Waals surface area contributed by atoms with Gasteiger partial charge in [0, 0.05) is 19.2 Å². The maximum absolute atomic E-state index is 14.6. The highest BCUT2D eigenvalue weighted by Gasteiger charge is 2.29. The van der Waals surface area contributed by atoms with Crippen LogP contribution in [0.1, 0.15) is 63.7 Å². The van der Waals surface area contributed by atoms with Crippen LogP contribution in [-0.2, 0) is 7.05 Å². The molecule has 1 aliphatic carbocycles. The topological polar surface area (TPSA) is 68.2 Å². The van der Waals surface area contributed by atoms with Crippen molar-refractivity contribution in [2.45, 2.75) is 65.5 Å². The Morgan fingerprint density at radius 1 is 1.20 bits per heavy atom. The zero-order valence-electron chi connectivity index (χ0n) is 20.6. The third-order valence-corrected chi connectivity index (χ3v) is 7.15. The number of benzene rings is 2. The normalized spacial score (nSPS) is 16.0. The standard InChI is InChI=1S/C26H31Cl2FN4O2/c1-14(2)35-21-13-20-19(12-16(21)24(34)30-15-8-10-26(3,4)11-9-15)31-25(33(20)5)32-23-18(28)7-6-17(27)22(23)29/h6-7,12-15H,8-11H2,1-5H3,(H,30,34)(H,31,32). The van der Waals surface area contributed by atoms with Crippen molar-refractivity contribution >= 4 is 51.8 Å². The fourth-order valence-electron chi connectivity index (χ4n) is 4.42. The number of nitrogens with zero attached hydrogens (tertiary/aromatic N) is 2. The molecule has 0 atom stereocenters. The maximum atomic E-state index is 14.6. The Morgan fingerprint density at radius 3 is 2.51 bits per heavy atom. The molecule has 2 aromatic carbocycles. The number of anilines is 2. The number of fused-ring (bicyclic) bond motifs is 1. The summed E-state index contributed by atoms with van der Waals surface area (Å²) >= 11 is 12.1. The first-order valence-electron chi connectivity index (χ1n) is 11.8. The Morgan fingerprint density at radius 2 is 1.86 bits per heavy atom. The minimum Gasteiger partial charge on any atom is -0.490 e. The highest BCUT2D eigenvalue weighted by atomic mass is 35.5. The summed E-state index contributed by atoms with van der Waals surface area (Å²) in [4.78, 5) is 17.9. The van der Waals surface area contributed by atoms with Crippen molar-refractivity contribution in [1.29, 1.82) is 0 Å². The summed E-state index contributed by atoms with van der Waals surface area (Å²) in [5.41, 5.74) is 2.06. The van der Waals surface area contributed by atoms with Crippen molar-refractivity contribution in [2.75, 3.05) is 5.32 Å². The van der Waals surface area contributed by atoms with Crippen molar-refractivity contribution in [2.24, 2.45) is 12.5 Å². The number of aromatic nitrogens is 2. The van der Waals surface area contributed by atoms with Gasteiger partial charge in [0.15, 0.2) is 5.82 Å². The number of carbonyl (C=O) groups is 1. The van der Waals surface area contributed by atoms with Gasteiger partial charge in [-0.1, -0.05) is 37.0 Å². The molecule has 0 radical (unpaired) electrons. The number of hydrogen-bond acceptors (Lipinski definition) is 4. The van der Waals surface area contributed by atoms with Crippen LogP contribution >= 0.6 is 23.2 Å². The van der Waals surface area contributed by atoms with Crippen LogP contribution in [-0.4, -0.2) is 27.6 Å². The molecule has 2 N–H and O–H groups in total. The van der Waals surface area contributed by atoms with E-state index in [0.29, 0.717) is 28.2 Å². The number of ether oxygens (including phenoxy) is 1. The number of nitrogens with one attached hydrogen (secondary N) is 2. The summed E-state index contributed by atoms with van der Waals surface area (Å²) in [6.07, 6.45) is 3.92. The van der Waals surface area contributed by atoms with Crippen molar-refractivity contribution in [3.8, 4) is 5.75 Å². The van der Waals surface area contributed by atoms with E-state index in [-0.39, 0.29) is 33.8 Å². The SMILES string of the molecule is CC(C)Oc1cc2c(cc1C(=O)NC1CCC(C)(C)CC1)nc(Nc1c(Cl)ccc(Cl)c1F)n2C. The van der Waals surface area contributed by atoms with Crippen LogP contribution in [0.4, 0.5) is 16.0 Å². The van der Waals surface area contributed by atoms with Gasteiger partial charge in [-0.2, -0.15) is 0 Å². The highest BCUT2D eigenvalue weighted by molar-refractivity contribution is 6.35. The first-order chi connectivity index (χ1) is 16.4. The minimum absolute atomic E-state index is 0.0365. The Bertz CT molecular complexity index is 1260. The largest absolute Gasteiger partial charge is 0.490 e. The van der Waals surface area contributed by atoms with Crippen LogP contribution in [0.15, 0.2) is 24.3 Å². The third kappa shape index (κ3) is 5.51. The van der Waals surface area contributed by atoms with Crippen molar-refractivity contribution in [3.05, 3.63) is 45.7 Å². The van der Waals surface area contributed by atoms with E-state index in [2.05, 4.69) is 29.5 Å². The van der Waals surface area contributed by atoms with Crippen LogP contribution in [0.2, 0.25) is 10.0 Å². The summed E-state index contributed by atoms with van der Waals surface area (Å²) in [7, 11) is 1.79. The molecule has 188 valence electrons. The first kappa shape index (κ1) is 25.6. The zero-order valence-corrected chi connectivity index (χ0v) is 22.1. The number of amides is 1. The van der Waals surface area contributed by atoms with E-state index < -0.39 is 5.82 Å². The van der Waals surface area contributed by atoms with Gasteiger partial charge in [0.2, 0.25) is 5.95 Å². The Labute approximate surface area is 215 Å². The van der Waals surface area contributed by atoms with Gasteiger partial charge in [0.25, 0.3) is 5.91 Å². The van der Waals surface area contributed by atoms with Gasteiger partial charge in [-0.05, 0) is 63.1 Å². The second kappa shape index (κ2) is 9.86. The van der Waals surface area contributed by atoms with Crippen LogP contribution in [0.25, 0.3) is 11.0 Å².